The van der Waals surface area contributed by atoms with Crippen molar-refractivity contribution >= 4 is 52.2 Å². The van der Waals surface area contributed by atoms with Gasteiger partial charge in [-0.1, -0.05) is 70.9 Å². The van der Waals surface area contributed by atoms with Crippen molar-refractivity contribution < 1.29 is 9.53 Å². The fourth-order valence-corrected chi connectivity index (χ4v) is 5.74. The number of carbonyl (C=O) groups is 1. The number of hydrogen-bond acceptors (Lipinski definition) is 5. The summed E-state index contributed by atoms with van der Waals surface area (Å²) < 4.78 is 7.56. The van der Waals surface area contributed by atoms with Gasteiger partial charge in [0, 0.05) is 10.7 Å². The van der Waals surface area contributed by atoms with Crippen molar-refractivity contribution in [2.24, 2.45) is 4.99 Å². The Morgan fingerprint density at radius 3 is 2.53 bits per heavy atom. The van der Waals surface area contributed by atoms with Crippen molar-refractivity contribution in [2.75, 3.05) is 11.9 Å². The van der Waals surface area contributed by atoms with E-state index in [1.165, 1.54) is 11.3 Å². The van der Waals surface area contributed by atoms with Gasteiger partial charge in [-0.3, -0.25) is 14.2 Å². The van der Waals surface area contributed by atoms with Gasteiger partial charge in [-0.2, -0.15) is 0 Å². The number of hydrogen-bond donors (Lipinski definition) is 1. The van der Waals surface area contributed by atoms with Gasteiger partial charge < -0.3 is 10.1 Å². The van der Waals surface area contributed by atoms with Crippen LogP contribution in [0.4, 0.5) is 5.69 Å². The van der Waals surface area contributed by atoms with E-state index in [1.54, 1.807) is 41.8 Å². The van der Waals surface area contributed by atoms with Gasteiger partial charge in [0.1, 0.15) is 5.75 Å². The van der Waals surface area contributed by atoms with Crippen molar-refractivity contribution in [1.29, 1.82) is 0 Å². The summed E-state index contributed by atoms with van der Waals surface area (Å²) in [5.74, 6) is 0.255. The van der Waals surface area contributed by atoms with Crippen LogP contribution in [-0.4, -0.2) is 17.1 Å². The second kappa shape index (κ2) is 11.0. The van der Waals surface area contributed by atoms with Crippen LogP contribution < -0.4 is 24.9 Å². The molecule has 192 valence electrons. The number of ether oxygens (including phenoxy) is 1. The zero-order chi connectivity index (χ0) is 26.8. The number of anilines is 1. The van der Waals surface area contributed by atoms with Crippen molar-refractivity contribution in [3.05, 3.63) is 125 Å². The number of nitrogens with one attached hydrogen (secondary N) is 1. The fourth-order valence-electron chi connectivity index (χ4n) is 4.32. The molecule has 1 N–H and O–H groups in total. The summed E-state index contributed by atoms with van der Waals surface area (Å²) >= 11 is 13.8. The Hall–Kier alpha value is -3.65. The molecule has 0 fully saturated rings. The van der Waals surface area contributed by atoms with Crippen molar-refractivity contribution in [3.8, 4) is 5.75 Å². The Morgan fingerprint density at radius 1 is 1.11 bits per heavy atom. The summed E-state index contributed by atoms with van der Waals surface area (Å²) in [7, 11) is 0. The Kier molecular flexibility index (Phi) is 7.51. The molecule has 1 amide bonds. The molecule has 4 aromatic rings. The van der Waals surface area contributed by atoms with Gasteiger partial charge in [0.05, 0.1) is 33.5 Å². The van der Waals surface area contributed by atoms with Crippen LogP contribution in [0.1, 0.15) is 31.0 Å². The highest BCUT2D eigenvalue weighted by atomic mass is 35.5. The molecule has 1 aliphatic heterocycles. The smallest absolute Gasteiger partial charge is 0.271 e. The number of aromatic nitrogens is 1. The van der Waals surface area contributed by atoms with Gasteiger partial charge in [0.2, 0.25) is 0 Å². The first-order chi connectivity index (χ1) is 18.4. The van der Waals surface area contributed by atoms with Gasteiger partial charge in [0.15, 0.2) is 4.80 Å². The van der Waals surface area contributed by atoms with Crippen LogP contribution in [0, 0.1) is 0 Å². The second-order valence-electron chi connectivity index (χ2n) is 8.58. The highest BCUT2D eigenvalue weighted by Crippen LogP contribution is 2.31. The average Bonchev–Trinajstić information content (AvgIpc) is 3.20. The maximum Gasteiger partial charge on any atom is 0.271 e. The van der Waals surface area contributed by atoms with E-state index in [1.807, 2.05) is 55.5 Å². The molecule has 5 rings (SSSR count). The molecule has 0 saturated heterocycles. The third-order valence-electron chi connectivity index (χ3n) is 6.04. The number of rotatable bonds is 6. The fraction of sp³-hybridized carbons (Fsp3) is 0.138. The lowest BCUT2D eigenvalue weighted by atomic mass is 9.95. The van der Waals surface area contributed by atoms with E-state index in [2.05, 4.69) is 10.3 Å². The third-order valence-corrected chi connectivity index (χ3v) is 7.57. The number of fused-ring (bicyclic) bond motifs is 1. The standard InChI is InChI=1S/C29H23Cl2N3O3S/c1-3-37-23-14-9-18(15-22(23)31)16-24-28(36)34-26(19-10-12-20(30)13-11-19)25(17(2)32-29(34)38-24)27(35)33-21-7-5-4-6-8-21/h4-16,26H,3H2,1-2H3,(H,33,35)/b24-16-/t26-/m0/s1. The minimum absolute atomic E-state index is 0.254. The van der Waals surface area contributed by atoms with Crippen LogP contribution >= 0.6 is 34.5 Å². The Morgan fingerprint density at radius 2 is 1.84 bits per heavy atom. The number of benzene rings is 3. The Balaban J connectivity index is 1.64. The molecule has 0 radical (unpaired) electrons. The van der Waals surface area contributed by atoms with Crippen LogP contribution in [0.2, 0.25) is 10.0 Å². The molecule has 1 aromatic heterocycles. The molecule has 0 saturated carbocycles. The molecular formula is C29H23Cl2N3O3S. The number of nitrogens with zero attached hydrogens (tertiary/aromatic N) is 2. The van der Waals surface area contributed by atoms with Crippen LogP contribution in [0.3, 0.4) is 0 Å². The number of amides is 1. The summed E-state index contributed by atoms with van der Waals surface area (Å²) in [4.78, 5) is 32.5. The van der Waals surface area contributed by atoms with Crippen molar-refractivity contribution in [1.82, 2.24) is 4.57 Å². The van der Waals surface area contributed by atoms with E-state index in [0.29, 0.717) is 48.7 Å². The molecule has 38 heavy (non-hydrogen) atoms. The maximum atomic E-state index is 13.8. The van der Waals surface area contributed by atoms with E-state index in [0.717, 1.165) is 11.1 Å². The highest BCUT2D eigenvalue weighted by molar-refractivity contribution is 7.07. The summed E-state index contributed by atoms with van der Waals surface area (Å²) in [6.07, 6.45) is 1.77. The number of para-hydroxylation sites is 1. The molecule has 3 aromatic carbocycles. The lowest BCUT2D eigenvalue weighted by Gasteiger charge is -2.25. The minimum Gasteiger partial charge on any atom is -0.492 e. The molecule has 0 bridgehead atoms. The van der Waals surface area contributed by atoms with Gasteiger partial charge in [-0.15, -0.1) is 0 Å². The molecular weight excluding hydrogens is 541 g/mol. The van der Waals surface area contributed by atoms with Gasteiger partial charge in [-0.05, 0) is 67.4 Å². The normalized spacial score (nSPS) is 15.2. The SMILES string of the molecule is CCOc1ccc(/C=c2\sc3n(c2=O)[C@@H](c2ccc(Cl)cc2)C(C(=O)Nc2ccccc2)=C(C)N=3)cc1Cl. The summed E-state index contributed by atoms with van der Waals surface area (Å²) in [5.41, 5.74) is 2.83. The molecule has 2 heterocycles. The maximum absolute atomic E-state index is 13.8. The minimum atomic E-state index is -0.682. The Bertz CT molecular complexity index is 1730. The van der Waals surface area contributed by atoms with Crippen LogP contribution in [-0.2, 0) is 4.79 Å². The monoisotopic (exact) mass is 563 g/mol. The lowest BCUT2D eigenvalue weighted by molar-refractivity contribution is -0.113. The van der Waals surface area contributed by atoms with Gasteiger partial charge >= 0.3 is 0 Å². The molecule has 1 aliphatic rings. The van der Waals surface area contributed by atoms with Gasteiger partial charge in [-0.25, -0.2) is 4.99 Å². The molecule has 6 nitrogen and oxygen atoms in total. The highest BCUT2D eigenvalue weighted by Gasteiger charge is 2.32. The number of allylic oxidation sites excluding steroid dienone is 1. The number of halogens is 2. The molecule has 1 atom stereocenters. The number of carbonyl (C=O) groups excluding carboxylic acids is 1. The lowest BCUT2D eigenvalue weighted by Crippen LogP contribution is -2.40. The first-order valence-electron chi connectivity index (χ1n) is 11.9. The topological polar surface area (TPSA) is 72.7 Å². The molecule has 9 heteroatoms. The average molecular weight is 564 g/mol. The van der Waals surface area contributed by atoms with Crippen LogP contribution in [0.25, 0.3) is 6.08 Å². The first kappa shape index (κ1) is 26.0. The van der Waals surface area contributed by atoms with E-state index >= 15 is 0 Å². The zero-order valence-corrected chi connectivity index (χ0v) is 22.9. The van der Waals surface area contributed by atoms with E-state index in [-0.39, 0.29) is 11.5 Å². The van der Waals surface area contributed by atoms with E-state index in [4.69, 9.17) is 27.9 Å². The summed E-state index contributed by atoms with van der Waals surface area (Å²) in [5, 5.41) is 3.96. The van der Waals surface area contributed by atoms with E-state index < -0.39 is 6.04 Å². The second-order valence-corrected chi connectivity index (χ2v) is 10.4. The predicted molar refractivity (Wildman–Crippen MR) is 153 cm³/mol. The van der Waals surface area contributed by atoms with E-state index in [9.17, 15) is 9.59 Å². The first-order valence-corrected chi connectivity index (χ1v) is 13.5. The van der Waals surface area contributed by atoms with Gasteiger partial charge in [0.25, 0.3) is 11.5 Å². The van der Waals surface area contributed by atoms with Crippen LogP contribution in [0.5, 0.6) is 5.75 Å². The third kappa shape index (κ3) is 5.18. The quantitative estimate of drug-likeness (QED) is 0.333. The number of thiazole rings is 1. The Labute approximate surface area is 233 Å². The molecule has 0 spiro atoms. The molecule has 0 unspecified atom stereocenters. The molecule has 0 aliphatic carbocycles. The summed E-state index contributed by atoms with van der Waals surface area (Å²) in [6, 6.07) is 21.0. The summed E-state index contributed by atoms with van der Waals surface area (Å²) in [6.45, 7) is 4.17. The predicted octanol–water partition coefficient (Wildman–Crippen LogP) is 5.58. The largest absolute Gasteiger partial charge is 0.492 e. The van der Waals surface area contributed by atoms with Crippen LogP contribution in [0.15, 0.2) is 93.9 Å². The van der Waals surface area contributed by atoms with Crippen molar-refractivity contribution in [3.63, 3.8) is 0 Å². The van der Waals surface area contributed by atoms with Crippen molar-refractivity contribution in [2.45, 2.75) is 19.9 Å². The zero-order valence-electron chi connectivity index (χ0n) is 20.6.